The molecule has 1 fully saturated rings. The van der Waals surface area contributed by atoms with Gasteiger partial charge in [0.1, 0.15) is 12.5 Å². The van der Waals surface area contributed by atoms with Crippen molar-refractivity contribution < 1.29 is 29.0 Å². The highest BCUT2D eigenvalue weighted by atomic mass is 79.9. The molecule has 3 unspecified atom stereocenters. The Morgan fingerprint density at radius 1 is 1.21 bits per heavy atom. The number of ketones is 1. The quantitative estimate of drug-likeness (QED) is 0.298. The number of aliphatic hydroxyl groups excluding tert-OH is 1. The lowest BCUT2D eigenvalue weighted by Gasteiger charge is -2.41. The van der Waals surface area contributed by atoms with Crippen LogP contribution in [0.15, 0.2) is 58.1 Å². The summed E-state index contributed by atoms with van der Waals surface area (Å²) in [5, 5.41) is 11.4. The van der Waals surface area contributed by atoms with Crippen molar-refractivity contribution in [3.63, 3.8) is 0 Å². The second kappa shape index (κ2) is 12.7. The Hall–Kier alpha value is -3.28. The summed E-state index contributed by atoms with van der Waals surface area (Å²) in [4.78, 5) is 58.4. The second-order valence-electron chi connectivity index (χ2n) is 9.09. The molecule has 0 radical (unpaired) electrons. The highest BCUT2D eigenvalue weighted by Gasteiger charge is 2.47. The van der Waals surface area contributed by atoms with Gasteiger partial charge in [0.05, 0.1) is 47.6 Å². The monoisotopic (exact) mass is 619 g/mol. The van der Waals surface area contributed by atoms with Gasteiger partial charge in [0.15, 0.2) is 5.78 Å². The van der Waals surface area contributed by atoms with Crippen LogP contribution >= 0.6 is 27.5 Å². The second-order valence-corrected chi connectivity index (χ2v) is 10.4. The number of carbonyl (C=O) groups excluding carboxylic acids is 3. The fraction of sp³-hybridized carbons (Fsp3) is 0.370. The first-order chi connectivity index (χ1) is 18.7. The Labute approximate surface area is 237 Å². The Bertz CT molecular complexity index is 1430. The molecular weight excluding hydrogens is 594 g/mol. The molecule has 1 aliphatic heterocycles. The van der Waals surface area contributed by atoms with E-state index in [4.69, 9.17) is 21.1 Å². The van der Waals surface area contributed by atoms with Crippen molar-refractivity contribution in [1.29, 1.82) is 0 Å². The lowest BCUT2D eigenvalue weighted by Crippen LogP contribution is -2.58. The number of piperidine rings is 1. The van der Waals surface area contributed by atoms with E-state index in [9.17, 15) is 24.3 Å². The molecule has 4 rings (SSSR count). The first-order valence-corrected chi connectivity index (χ1v) is 13.6. The molecule has 1 N–H and O–H groups in total. The summed E-state index contributed by atoms with van der Waals surface area (Å²) in [7, 11) is 0. The summed E-state index contributed by atoms with van der Waals surface area (Å²) in [6.45, 7) is 1.18. The lowest BCUT2D eigenvalue weighted by atomic mass is 9.85. The predicted octanol–water partition coefficient (Wildman–Crippen LogP) is 3.72. The fourth-order valence-corrected chi connectivity index (χ4v) is 5.14. The van der Waals surface area contributed by atoms with Crippen LogP contribution in [0.1, 0.15) is 25.3 Å². The van der Waals surface area contributed by atoms with Crippen molar-refractivity contribution in [2.75, 3.05) is 13.2 Å². The first-order valence-electron chi connectivity index (χ1n) is 12.4. The Morgan fingerprint density at radius 3 is 2.67 bits per heavy atom. The maximum atomic E-state index is 13.6. The van der Waals surface area contributed by atoms with Gasteiger partial charge in [-0.25, -0.2) is 9.78 Å². The van der Waals surface area contributed by atoms with Crippen molar-refractivity contribution in [2.45, 2.75) is 45.1 Å². The molecule has 0 aliphatic carbocycles. The molecule has 2 aromatic carbocycles. The number of rotatable bonds is 8. The molecule has 1 saturated heterocycles. The number of halogens is 2. The number of fused-ring (bicyclic) bond motifs is 1. The van der Waals surface area contributed by atoms with E-state index >= 15 is 0 Å². The van der Waals surface area contributed by atoms with E-state index in [1.54, 1.807) is 25.1 Å². The summed E-state index contributed by atoms with van der Waals surface area (Å²) >= 11 is 9.43. The summed E-state index contributed by atoms with van der Waals surface area (Å²) in [5.74, 6) is -3.17. The third-order valence-corrected chi connectivity index (χ3v) is 7.71. The number of ether oxygens (including phenoxy) is 2. The van der Waals surface area contributed by atoms with E-state index in [1.165, 1.54) is 17.3 Å². The van der Waals surface area contributed by atoms with Gasteiger partial charge in [-0.3, -0.25) is 19.0 Å². The number of nitrogens with zero attached hydrogens (tertiary/aromatic N) is 3. The molecule has 206 valence electrons. The van der Waals surface area contributed by atoms with E-state index in [0.717, 1.165) is 10.1 Å². The summed E-state index contributed by atoms with van der Waals surface area (Å²) < 4.78 is 12.3. The minimum absolute atomic E-state index is 0.0191. The van der Waals surface area contributed by atoms with Crippen LogP contribution in [0.2, 0.25) is 5.02 Å². The lowest BCUT2D eigenvalue weighted by molar-refractivity contribution is -0.158. The zero-order valence-corrected chi connectivity index (χ0v) is 23.4. The summed E-state index contributed by atoms with van der Waals surface area (Å²) in [5.41, 5.74) is 0.596. The third-order valence-electron chi connectivity index (χ3n) is 6.51. The minimum Gasteiger partial charge on any atom is -0.465 e. The maximum absolute atomic E-state index is 13.6. The molecule has 39 heavy (non-hydrogen) atoms. The van der Waals surface area contributed by atoms with Crippen molar-refractivity contribution in [3.8, 4) is 0 Å². The SMILES string of the molecule is CCOC(=O)C(C(=O)Cn1cnc2cc(Br)c(Cl)cc2c1=O)C1C(O)CCCN1C(=O)OCc1ccccc1. The van der Waals surface area contributed by atoms with E-state index in [2.05, 4.69) is 20.9 Å². The average molecular weight is 621 g/mol. The van der Waals surface area contributed by atoms with E-state index in [0.29, 0.717) is 21.4 Å². The van der Waals surface area contributed by atoms with Crippen LogP contribution in [-0.4, -0.2) is 62.7 Å². The molecule has 2 heterocycles. The van der Waals surface area contributed by atoms with Crippen LogP contribution in [-0.2, 0) is 32.2 Å². The zero-order chi connectivity index (χ0) is 28.1. The van der Waals surface area contributed by atoms with Crippen molar-refractivity contribution in [1.82, 2.24) is 14.5 Å². The highest BCUT2D eigenvalue weighted by molar-refractivity contribution is 9.10. The zero-order valence-electron chi connectivity index (χ0n) is 21.1. The number of hydrogen-bond donors (Lipinski definition) is 1. The van der Waals surface area contributed by atoms with Gasteiger partial charge in [-0.05, 0) is 53.4 Å². The molecule has 3 aromatic rings. The molecule has 10 nitrogen and oxygen atoms in total. The number of benzene rings is 2. The Balaban J connectivity index is 1.63. The average Bonchev–Trinajstić information content (AvgIpc) is 2.92. The van der Waals surface area contributed by atoms with Gasteiger partial charge >= 0.3 is 12.1 Å². The number of hydrogen-bond acceptors (Lipinski definition) is 8. The molecule has 1 aromatic heterocycles. The largest absolute Gasteiger partial charge is 0.465 e. The van der Waals surface area contributed by atoms with Crippen molar-refractivity contribution in [2.24, 2.45) is 5.92 Å². The molecule has 0 spiro atoms. The molecule has 3 atom stereocenters. The topological polar surface area (TPSA) is 128 Å². The Kier molecular flexibility index (Phi) is 9.36. The number of aliphatic hydroxyl groups is 1. The van der Waals surface area contributed by atoms with Crippen molar-refractivity contribution >= 4 is 56.3 Å². The minimum atomic E-state index is -1.55. The van der Waals surface area contributed by atoms with Crippen LogP contribution < -0.4 is 5.56 Å². The van der Waals surface area contributed by atoms with Crippen LogP contribution in [0.25, 0.3) is 10.9 Å². The smallest absolute Gasteiger partial charge is 0.410 e. The van der Waals surface area contributed by atoms with Crippen LogP contribution in [0.4, 0.5) is 4.79 Å². The molecule has 0 saturated carbocycles. The van der Waals surface area contributed by atoms with Gasteiger partial charge < -0.3 is 19.5 Å². The fourth-order valence-electron chi connectivity index (χ4n) is 4.64. The Morgan fingerprint density at radius 2 is 1.95 bits per heavy atom. The number of amides is 1. The number of carbonyl (C=O) groups is 3. The molecule has 1 amide bonds. The normalized spacial score (nSPS) is 18.0. The number of Topliss-reactive ketones (excluding diaryl/α,β-unsaturated/α-hetero) is 1. The van der Waals surface area contributed by atoms with Crippen LogP contribution in [0.5, 0.6) is 0 Å². The van der Waals surface area contributed by atoms with Crippen molar-refractivity contribution in [3.05, 3.63) is 74.2 Å². The van der Waals surface area contributed by atoms with Gasteiger partial charge in [0, 0.05) is 11.0 Å². The molecule has 12 heteroatoms. The number of esters is 1. The molecule has 1 aliphatic rings. The first kappa shape index (κ1) is 28.7. The number of likely N-dealkylation sites (tertiary alicyclic amines) is 1. The summed E-state index contributed by atoms with van der Waals surface area (Å²) in [6.07, 6.45) is -0.0414. The highest BCUT2D eigenvalue weighted by Crippen LogP contribution is 2.28. The third kappa shape index (κ3) is 6.48. The van der Waals surface area contributed by atoms with Gasteiger partial charge in [-0.2, -0.15) is 0 Å². The van der Waals surface area contributed by atoms with Crippen LogP contribution in [0.3, 0.4) is 0 Å². The van der Waals surface area contributed by atoms with Gasteiger partial charge in [0.2, 0.25) is 0 Å². The van der Waals surface area contributed by atoms with Gasteiger partial charge in [0.25, 0.3) is 5.56 Å². The van der Waals surface area contributed by atoms with Gasteiger partial charge in [-0.15, -0.1) is 0 Å². The molecule has 0 bridgehead atoms. The predicted molar refractivity (Wildman–Crippen MR) is 146 cm³/mol. The van der Waals surface area contributed by atoms with E-state index in [-0.39, 0.29) is 31.6 Å². The standard InChI is InChI=1S/C27H27BrClN3O7/c1-2-38-26(36)23(22(34)13-31-15-30-20-12-18(28)19(29)11-17(20)25(31)35)24-21(33)9-6-10-32(24)27(37)39-14-16-7-4-3-5-8-16/h3-5,7-8,11-12,15,21,23-24,33H,2,6,9-10,13-14H2,1H3. The van der Waals surface area contributed by atoms with E-state index < -0.39 is 48.0 Å². The van der Waals surface area contributed by atoms with E-state index in [1.807, 2.05) is 18.2 Å². The number of aromatic nitrogens is 2. The molecular formula is C27H27BrClN3O7. The van der Waals surface area contributed by atoms with Gasteiger partial charge in [-0.1, -0.05) is 41.9 Å². The maximum Gasteiger partial charge on any atom is 0.410 e. The summed E-state index contributed by atoms with van der Waals surface area (Å²) in [6, 6.07) is 10.8. The van der Waals surface area contributed by atoms with Crippen LogP contribution in [0, 0.1) is 5.92 Å².